The lowest BCUT2D eigenvalue weighted by atomic mass is 9.64. The van der Waals surface area contributed by atoms with Crippen LogP contribution in [0, 0.1) is 122 Å². The van der Waals surface area contributed by atoms with E-state index in [0.717, 1.165) is 116 Å². The molecule has 8 heterocycles. The normalized spacial score (nSPS) is 20.0. The average Bonchev–Trinajstić information content (AvgIpc) is 0.882. The Balaban J connectivity index is -0.000000191. The van der Waals surface area contributed by atoms with Crippen LogP contribution in [0.3, 0.4) is 0 Å². The van der Waals surface area contributed by atoms with E-state index in [0.29, 0.717) is 49.2 Å². The minimum atomic E-state index is 0.179. The van der Waals surface area contributed by atoms with Crippen LogP contribution in [0.1, 0.15) is 506 Å². The van der Waals surface area contributed by atoms with Gasteiger partial charge in [0.2, 0.25) is 0 Å². The third-order valence-corrected chi connectivity index (χ3v) is 33.0. The molecule has 0 spiro atoms. The summed E-state index contributed by atoms with van der Waals surface area (Å²) in [5.41, 5.74) is 3.49. The van der Waals surface area contributed by atoms with E-state index in [2.05, 4.69) is 378 Å². The summed E-state index contributed by atoms with van der Waals surface area (Å²) in [6.07, 6.45) is 35.9. The summed E-state index contributed by atoms with van der Waals surface area (Å²) in [6.45, 7) is 118. The van der Waals surface area contributed by atoms with Gasteiger partial charge in [-0.3, -0.25) is 0 Å². The third kappa shape index (κ3) is 52.8. The Hall–Kier alpha value is 0.850. The van der Waals surface area contributed by atoms with Gasteiger partial charge in [-0.2, -0.15) is 35.3 Å². The lowest BCUT2D eigenvalue weighted by Gasteiger charge is -2.45. The molecule has 120 heavy (non-hydrogen) atoms. The molecule has 0 aromatic carbocycles. The van der Waals surface area contributed by atoms with Gasteiger partial charge < -0.3 is 24.8 Å². The van der Waals surface area contributed by atoms with Crippen LogP contribution in [0.2, 0.25) is 0 Å². The Morgan fingerprint density at radius 1 is 0.250 bits per heavy atom. The average molecular weight is 1760 g/mol. The maximum atomic E-state index is 5.99. The van der Waals surface area contributed by atoms with Gasteiger partial charge in [0.15, 0.2) is 0 Å². The van der Waals surface area contributed by atoms with Gasteiger partial charge in [0.1, 0.15) is 0 Å². The van der Waals surface area contributed by atoms with Gasteiger partial charge in [-0.15, -0.1) is 0 Å². The number of nitrogens with one attached hydrogen (secondary N) is 2. The van der Waals surface area contributed by atoms with Gasteiger partial charge in [0.25, 0.3) is 0 Å². The highest BCUT2D eigenvalue weighted by atomic mass is 32.2. The van der Waals surface area contributed by atoms with Crippen molar-refractivity contribution in [1.29, 1.82) is 0 Å². The Kier molecular flexibility index (Phi) is 91.7. The molecule has 8 aliphatic heterocycles. The van der Waals surface area contributed by atoms with Crippen molar-refractivity contribution in [3.05, 3.63) is 0 Å². The van der Waals surface area contributed by atoms with Crippen LogP contribution in [-0.4, -0.2) is 97.3 Å². The molecule has 5 nitrogen and oxygen atoms in total. The molecule has 2 N–H and O–H groups in total. The molecule has 0 aromatic heterocycles. The second-order valence-electron chi connectivity index (χ2n) is 43.1. The summed E-state index contributed by atoms with van der Waals surface area (Å²) in [5.74, 6) is 19.6. The molecule has 8 fully saturated rings. The summed E-state index contributed by atoms with van der Waals surface area (Å²) < 4.78 is 17.6. The molecule has 0 aromatic rings. The van der Waals surface area contributed by atoms with Gasteiger partial charge in [0.05, 0.1) is 12.2 Å². The molecule has 0 unspecified atom stereocenters. The Morgan fingerprint density at radius 3 is 0.808 bits per heavy atom. The van der Waals surface area contributed by atoms with Crippen molar-refractivity contribution in [3.63, 3.8) is 0 Å². The second-order valence-corrected chi connectivity index (χ2v) is 46.8. The molecule has 0 atom stereocenters. The second kappa shape index (κ2) is 80.7. The zero-order valence-electron chi connectivity index (χ0n) is 93.0. The van der Waals surface area contributed by atoms with E-state index in [1.165, 1.54) is 222 Å². The molecule has 0 saturated carbocycles. The number of rotatable bonds is 16. The maximum absolute atomic E-state index is 5.99. The van der Waals surface area contributed by atoms with Crippen molar-refractivity contribution in [2.75, 3.05) is 81.4 Å². The van der Waals surface area contributed by atoms with E-state index in [-0.39, 0.29) is 5.60 Å². The lowest BCUT2D eigenvalue weighted by Crippen LogP contribution is -2.56. The standard InChI is InChI=1S/2C11H23N.3C11H22O.3C11H22S.8C3H8/c1-9(2)11(10(3)4)6-5-7-12-8-11;1-9(2)11(10(3)4)7-5-6-8-12-11;1-9(2)11(10(3)4)5-7-12-8-6-11;1-9(2)11(10(3)4)6-5-7-12-8-11;1-9(2)11(10(3)4)7-5-6-8-12-11;1-9(2)11(10(3)4)5-7-12-8-6-11;1-9(2)11(10(3)4)6-5-7-12-8-11;1-9(2)11(10(3)4)7-5-6-8-12-11;8*1-3-2/h2*9-10,12H,5-8H2,1-4H3;6*9-10H,5-8H2,1-4H3;8*3H2,1-2H3. The summed E-state index contributed by atoms with van der Waals surface area (Å²) >= 11 is 6.52. The zero-order chi connectivity index (χ0) is 95.2. The van der Waals surface area contributed by atoms with Crippen molar-refractivity contribution in [2.45, 2.75) is 522 Å². The summed E-state index contributed by atoms with van der Waals surface area (Å²) in [7, 11) is 0. The van der Waals surface area contributed by atoms with Crippen molar-refractivity contribution < 1.29 is 14.2 Å². The molecule has 8 heteroatoms. The molecular weight excluding hydrogens is 1520 g/mol. The monoisotopic (exact) mass is 1760 g/mol. The van der Waals surface area contributed by atoms with Crippen LogP contribution in [-0.2, 0) is 14.2 Å². The van der Waals surface area contributed by atoms with E-state index < -0.39 is 0 Å². The molecule has 0 amide bonds. The first kappa shape index (κ1) is 136. The fourth-order valence-electron chi connectivity index (χ4n) is 20.0. The van der Waals surface area contributed by atoms with Crippen molar-refractivity contribution in [1.82, 2.24) is 10.6 Å². The summed E-state index contributed by atoms with van der Waals surface area (Å²) in [4.78, 5) is 0. The smallest absolute Gasteiger partial charge is 0.0728 e. The largest absolute Gasteiger partial charge is 0.381 e. The van der Waals surface area contributed by atoms with Crippen LogP contribution in [0.4, 0.5) is 0 Å². The maximum Gasteiger partial charge on any atom is 0.0728 e. The zero-order valence-corrected chi connectivity index (χ0v) is 95.4. The number of hydrogen-bond donors (Lipinski definition) is 2. The Morgan fingerprint density at radius 2 is 0.608 bits per heavy atom. The van der Waals surface area contributed by atoms with E-state index >= 15 is 0 Å². The first-order valence-corrected chi connectivity index (χ1v) is 56.4. The third-order valence-electron chi connectivity index (χ3n) is 28.5. The number of thioether (sulfide) groups is 3. The molecule has 8 saturated heterocycles. The minimum absolute atomic E-state index is 0.179. The highest BCUT2D eigenvalue weighted by Gasteiger charge is 2.45. The Labute approximate surface area is 779 Å². The first-order valence-electron chi connectivity index (χ1n) is 53.1. The van der Waals surface area contributed by atoms with Gasteiger partial charge in [-0.05, 0) is 273 Å². The number of piperidine rings is 2. The van der Waals surface area contributed by atoms with Crippen LogP contribution < -0.4 is 10.6 Å². The molecule has 8 aliphatic rings. The van der Waals surface area contributed by atoms with Crippen LogP contribution >= 0.6 is 35.3 Å². The number of ether oxygens (including phenoxy) is 3. The van der Waals surface area contributed by atoms with Gasteiger partial charge in [-0.25, -0.2) is 0 Å². The molecule has 736 valence electrons. The van der Waals surface area contributed by atoms with E-state index in [1.54, 1.807) is 0 Å². The predicted octanol–water partition coefficient (Wildman–Crippen LogP) is 37.8. The molecule has 0 bridgehead atoms. The highest BCUT2D eigenvalue weighted by molar-refractivity contribution is 8.00. The van der Waals surface area contributed by atoms with Crippen LogP contribution in [0.25, 0.3) is 0 Å². The first-order chi connectivity index (χ1) is 56.1. The van der Waals surface area contributed by atoms with Gasteiger partial charge >= 0.3 is 0 Å². The highest BCUT2D eigenvalue weighted by Crippen LogP contribution is 2.51. The quantitative estimate of drug-likeness (QED) is 0.159. The van der Waals surface area contributed by atoms with Crippen molar-refractivity contribution in [2.24, 2.45) is 122 Å². The van der Waals surface area contributed by atoms with E-state index in [9.17, 15) is 0 Å². The van der Waals surface area contributed by atoms with Crippen LogP contribution in [0.5, 0.6) is 0 Å². The Bertz CT molecular complexity index is 1510. The SMILES string of the molecule is CC(C)C1(C(C)C)CCCCN1.CC(C)C1(C(C)C)CCCCO1.CC(C)C1(C(C)C)CCCCS1.CC(C)C1(C(C)C)CCCNC1.CC(C)C1(C(C)C)CCCOC1.CC(C)C1(C(C)C)CCCSC1.CC(C)C1(C(C)C)CCOCC1.CC(C)C1(C(C)C)CCSCC1.CCC.CCC.CCC.CCC.CCC.CCC.CCC.CCC. The lowest BCUT2D eigenvalue weighted by molar-refractivity contribution is -0.137. The van der Waals surface area contributed by atoms with Gasteiger partial charge in [-0.1, -0.05) is 397 Å². The summed E-state index contributed by atoms with van der Waals surface area (Å²) in [5, 5.41) is 7.27. The molecule has 0 aliphatic carbocycles. The topological polar surface area (TPSA) is 51.8 Å². The number of hydrogen-bond acceptors (Lipinski definition) is 8. The molecule has 8 rings (SSSR count). The molecular formula is C112H242N2O3S3. The van der Waals surface area contributed by atoms with E-state index in [1.807, 2.05) is 0 Å². The van der Waals surface area contributed by atoms with Crippen LogP contribution in [0.15, 0.2) is 0 Å². The fraction of sp³-hybridized carbons (Fsp3) is 1.00. The van der Waals surface area contributed by atoms with Crippen molar-refractivity contribution >= 4 is 35.3 Å². The van der Waals surface area contributed by atoms with Gasteiger partial charge in [0, 0.05) is 43.3 Å². The fourth-order valence-corrected chi connectivity index (χ4v) is 24.6. The molecule has 0 radical (unpaired) electrons. The van der Waals surface area contributed by atoms with E-state index in [4.69, 9.17) is 14.2 Å². The van der Waals surface area contributed by atoms with Crippen molar-refractivity contribution in [3.8, 4) is 0 Å². The predicted molar refractivity (Wildman–Crippen MR) is 569 cm³/mol. The minimum Gasteiger partial charge on any atom is -0.381 e. The summed E-state index contributed by atoms with van der Waals surface area (Å²) in [6, 6.07) is 0.